The molecule has 0 unspecified atom stereocenters. The van der Waals surface area contributed by atoms with E-state index in [9.17, 15) is 4.79 Å². The van der Waals surface area contributed by atoms with E-state index in [0.29, 0.717) is 0 Å². The SMILES string of the molecule is CCc1ccsc1C(=O)N1CCCCCC1. The maximum Gasteiger partial charge on any atom is 0.264 e. The molecule has 16 heavy (non-hydrogen) atoms. The first-order valence-electron chi connectivity index (χ1n) is 6.18. The Morgan fingerprint density at radius 3 is 2.62 bits per heavy atom. The van der Waals surface area contributed by atoms with Crippen LogP contribution in [0.3, 0.4) is 0 Å². The highest BCUT2D eigenvalue weighted by atomic mass is 32.1. The van der Waals surface area contributed by atoms with E-state index in [2.05, 4.69) is 13.0 Å². The molecular weight excluding hydrogens is 218 g/mol. The fourth-order valence-corrected chi connectivity index (χ4v) is 3.18. The van der Waals surface area contributed by atoms with Gasteiger partial charge in [0.2, 0.25) is 0 Å². The van der Waals surface area contributed by atoms with Gasteiger partial charge in [0, 0.05) is 13.1 Å². The van der Waals surface area contributed by atoms with Crippen LogP contribution in [0, 0.1) is 0 Å². The molecule has 0 radical (unpaired) electrons. The van der Waals surface area contributed by atoms with E-state index in [4.69, 9.17) is 0 Å². The lowest BCUT2D eigenvalue weighted by Gasteiger charge is -2.20. The van der Waals surface area contributed by atoms with Crippen molar-refractivity contribution in [2.24, 2.45) is 0 Å². The van der Waals surface area contributed by atoms with Gasteiger partial charge >= 0.3 is 0 Å². The molecule has 1 aliphatic heterocycles. The summed E-state index contributed by atoms with van der Waals surface area (Å²) < 4.78 is 0. The molecule has 0 spiro atoms. The summed E-state index contributed by atoms with van der Waals surface area (Å²) in [7, 11) is 0. The van der Waals surface area contributed by atoms with Crippen molar-refractivity contribution in [3.05, 3.63) is 21.9 Å². The number of thiophene rings is 1. The van der Waals surface area contributed by atoms with Gasteiger partial charge in [-0.1, -0.05) is 19.8 Å². The van der Waals surface area contributed by atoms with E-state index in [1.807, 2.05) is 10.3 Å². The highest BCUT2D eigenvalue weighted by molar-refractivity contribution is 7.12. The van der Waals surface area contributed by atoms with Crippen molar-refractivity contribution >= 4 is 17.2 Å². The molecule has 3 heteroatoms. The number of amides is 1. The number of carbonyl (C=O) groups excluding carboxylic acids is 1. The van der Waals surface area contributed by atoms with Crippen LogP contribution < -0.4 is 0 Å². The van der Waals surface area contributed by atoms with Crippen LogP contribution in [0.2, 0.25) is 0 Å². The molecule has 1 fully saturated rings. The number of hydrogen-bond donors (Lipinski definition) is 0. The van der Waals surface area contributed by atoms with E-state index in [0.717, 1.165) is 24.4 Å². The molecule has 88 valence electrons. The molecular formula is C13H19NOS. The Labute approximate surface area is 101 Å². The van der Waals surface area contributed by atoms with Gasteiger partial charge in [-0.3, -0.25) is 4.79 Å². The Bertz CT molecular complexity index is 351. The predicted molar refractivity (Wildman–Crippen MR) is 68.1 cm³/mol. The molecule has 0 bridgehead atoms. The first-order chi connectivity index (χ1) is 7.83. The lowest BCUT2D eigenvalue weighted by Crippen LogP contribution is -2.31. The smallest absolute Gasteiger partial charge is 0.264 e. The average Bonchev–Trinajstić information content (AvgIpc) is 2.61. The summed E-state index contributed by atoms with van der Waals surface area (Å²) >= 11 is 1.59. The zero-order valence-electron chi connectivity index (χ0n) is 9.87. The fourth-order valence-electron chi connectivity index (χ4n) is 2.22. The first kappa shape index (κ1) is 11.6. The zero-order chi connectivity index (χ0) is 11.4. The minimum absolute atomic E-state index is 0.258. The molecule has 1 amide bonds. The third-order valence-corrected chi connectivity index (χ3v) is 4.16. The normalized spacial score (nSPS) is 17.2. The molecule has 1 aromatic rings. The van der Waals surface area contributed by atoms with Crippen LogP contribution in [0.25, 0.3) is 0 Å². The second-order valence-corrected chi connectivity index (χ2v) is 5.25. The Kier molecular flexibility index (Phi) is 3.99. The summed E-state index contributed by atoms with van der Waals surface area (Å²) in [5.41, 5.74) is 1.21. The summed E-state index contributed by atoms with van der Waals surface area (Å²) in [6.07, 6.45) is 5.83. The average molecular weight is 237 g/mol. The first-order valence-corrected chi connectivity index (χ1v) is 7.06. The molecule has 2 heterocycles. The molecule has 0 saturated carbocycles. The summed E-state index contributed by atoms with van der Waals surface area (Å²) in [6, 6.07) is 2.08. The number of nitrogens with zero attached hydrogens (tertiary/aromatic N) is 1. The third kappa shape index (κ3) is 2.46. The van der Waals surface area contributed by atoms with E-state index in [1.165, 1.54) is 31.2 Å². The number of carbonyl (C=O) groups is 1. The molecule has 0 aromatic carbocycles. The van der Waals surface area contributed by atoms with Gasteiger partial charge in [-0.25, -0.2) is 0 Å². The number of aryl methyl sites for hydroxylation is 1. The fraction of sp³-hybridized carbons (Fsp3) is 0.615. The van der Waals surface area contributed by atoms with Crippen molar-refractivity contribution in [1.29, 1.82) is 0 Å². The minimum Gasteiger partial charge on any atom is -0.338 e. The van der Waals surface area contributed by atoms with E-state index < -0.39 is 0 Å². The Balaban J connectivity index is 2.11. The number of rotatable bonds is 2. The van der Waals surface area contributed by atoms with Crippen LogP contribution in [0.5, 0.6) is 0 Å². The van der Waals surface area contributed by atoms with E-state index in [1.54, 1.807) is 11.3 Å². The lowest BCUT2D eigenvalue weighted by atomic mass is 10.2. The van der Waals surface area contributed by atoms with Gasteiger partial charge in [-0.15, -0.1) is 11.3 Å². The van der Waals surface area contributed by atoms with Crippen molar-refractivity contribution in [2.45, 2.75) is 39.0 Å². The van der Waals surface area contributed by atoms with Gasteiger partial charge in [-0.05, 0) is 36.3 Å². The van der Waals surface area contributed by atoms with Gasteiger partial charge in [0.15, 0.2) is 0 Å². The number of likely N-dealkylation sites (tertiary alicyclic amines) is 1. The van der Waals surface area contributed by atoms with E-state index in [-0.39, 0.29) is 5.91 Å². The van der Waals surface area contributed by atoms with Gasteiger partial charge in [0.05, 0.1) is 4.88 Å². The van der Waals surface area contributed by atoms with Gasteiger partial charge in [0.25, 0.3) is 5.91 Å². The third-order valence-electron chi connectivity index (χ3n) is 3.22. The summed E-state index contributed by atoms with van der Waals surface area (Å²) in [6.45, 7) is 4.00. The molecule has 2 nitrogen and oxygen atoms in total. The highest BCUT2D eigenvalue weighted by Gasteiger charge is 2.20. The number of hydrogen-bond acceptors (Lipinski definition) is 2. The highest BCUT2D eigenvalue weighted by Crippen LogP contribution is 2.21. The van der Waals surface area contributed by atoms with Crippen LogP contribution >= 0.6 is 11.3 Å². The molecule has 0 aliphatic carbocycles. The van der Waals surface area contributed by atoms with Crippen LogP contribution in [0.15, 0.2) is 11.4 Å². The van der Waals surface area contributed by atoms with Crippen molar-refractivity contribution in [1.82, 2.24) is 4.90 Å². The molecule has 1 saturated heterocycles. The lowest BCUT2D eigenvalue weighted by molar-refractivity contribution is 0.0765. The minimum atomic E-state index is 0.258. The van der Waals surface area contributed by atoms with Gasteiger partial charge in [-0.2, -0.15) is 0 Å². The van der Waals surface area contributed by atoms with Crippen molar-refractivity contribution in [2.75, 3.05) is 13.1 Å². The van der Waals surface area contributed by atoms with Gasteiger partial charge in [0.1, 0.15) is 0 Å². The zero-order valence-corrected chi connectivity index (χ0v) is 10.7. The molecule has 0 atom stereocenters. The van der Waals surface area contributed by atoms with Crippen molar-refractivity contribution in [3.63, 3.8) is 0 Å². The summed E-state index contributed by atoms with van der Waals surface area (Å²) in [5, 5.41) is 2.03. The van der Waals surface area contributed by atoms with Crippen LogP contribution in [0.1, 0.15) is 47.8 Å². The topological polar surface area (TPSA) is 20.3 Å². The van der Waals surface area contributed by atoms with Crippen LogP contribution in [-0.4, -0.2) is 23.9 Å². The second kappa shape index (κ2) is 5.48. The molecule has 2 rings (SSSR count). The Morgan fingerprint density at radius 1 is 1.31 bits per heavy atom. The van der Waals surface area contributed by atoms with Crippen molar-refractivity contribution < 1.29 is 4.79 Å². The van der Waals surface area contributed by atoms with Crippen molar-refractivity contribution in [3.8, 4) is 0 Å². The Hall–Kier alpha value is -0.830. The summed E-state index contributed by atoms with van der Waals surface area (Å²) in [5.74, 6) is 0.258. The predicted octanol–water partition coefficient (Wildman–Crippen LogP) is 3.33. The molecule has 1 aliphatic rings. The quantitative estimate of drug-likeness (QED) is 0.772. The standard InChI is InChI=1S/C13H19NOS/c1-2-11-7-10-16-12(11)13(15)14-8-5-3-4-6-9-14/h7,10H,2-6,8-9H2,1H3. The van der Waals surface area contributed by atoms with Crippen LogP contribution in [-0.2, 0) is 6.42 Å². The maximum atomic E-state index is 12.3. The largest absolute Gasteiger partial charge is 0.338 e. The Morgan fingerprint density at radius 2 is 2.00 bits per heavy atom. The molecule has 0 N–H and O–H groups in total. The maximum absolute atomic E-state index is 12.3. The van der Waals surface area contributed by atoms with Crippen LogP contribution in [0.4, 0.5) is 0 Å². The summed E-state index contributed by atoms with van der Waals surface area (Å²) in [4.78, 5) is 15.3. The second-order valence-electron chi connectivity index (χ2n) is 4.33. The van der Waals surface area contributed by atoms with Gasteiger partial charge < -0.3 is 4.90 Å². The van der Waals surface area contributed by atoms with E-state index >= 15 is 0 Å². The monoisotopic (exact) mass is 237 g/mol. The molecule has 1 aromatic heterocycles.